The van der Waals surface area contributed by atoms with Crippen LogP contribution < -0.4 is 0 Å². The molecule has 0 aliphatic carbocycles. The highest BCUT2D eigenvalue weighted by Gasteiger charge is 2.31. The van der Waals surface area contributed by atoms with E-state index in [1.807, 2.05) is 18.7 Å². The summed E-state index contributed by atoms with van der Waals surface area (Å²) in [6, 6.07) is 0. The van der Waals surface area contributed by atoms with Crippen LogP contribution in [-0.2, 0) is 4.79 Å². The third-order valence-electron chi connectivity index (χ3n) is 3.17. The fraction of sp³-hybridized carbons (Fsp3) is 0.909. The van der Waals surface area contributed by atoms with Crippen molar-refractivity contribution in [3.63, 3.8) is 0 Å². The van der Waals surface area contributed by atoms with E-state index in [1.165, 1.54) is 0 Å². The minimum absolute atomic E-state index is 0.181. The summed E-state index contributed by atoms with van der Waals surface area (Å²) in [5.41, 5.74) is -0.181. The Labute approximate surface area is 95.2 Å². The number of amides is 1. The molecule has 1 fully saturated rings. The standard InChI is InChI=1S/C11H20BrNO/c1-4-11(2,3)10(14)13-7-5-9(12)6-8-13/h9H,4-8H2,1-3H3. The maximum absolute atomic E-state index is 12.1. The second-order valence-corrected chi connectivity index (χ2v) is 6.00. The molecule has 0 unspecified atom stereocenters. The third-order valence-corrected chi connectivity index (χ3v) is 4.09. The quantitative estimate of drug-likeness (QED) is 0.701. The number of piperidine rings is 1. The van der Waals surface area contributed by atoms with E-state index in [0.717, 1.165) is 32.4 Å². The molecule has 2 nitrogen and oxygen atoms in total. The number of rotatable bonds is 2. The van der Waals surface area contributed by atoms with E-state index in [9.17, 15) is 4.79 Å². The van der Waals surface area contributed by atoms with Gasteiger partial charge in [-0.1, -0.05) is 36.7 Å². The average molecular weight is 262 g/mol. The highest BCUT2D eigenvalue weighted by molar-refractivity contribution is 9.09. The zero-order valence-electron chi connectivity index (χ0n) is 9.35. The van der Waals surface area contributed by atoms with Crippen LogP contribution in [0.1, 0.15) is 40.0 Å². The van der Waals surface area contributed by atoms with Crippen molar-refractivity contribution in [3.8, 4) is 0 Å². The number of nitrogens with zero attached hydrogens (tertiary/aromatic N) is 1. The van der Waals surface area contributed by atoms with Gasteiger partial charge in [0.1, 0.15) is 0 Å². The maximum Gasteiger partial charge on any atom is 0.228 e. The molecule has 0 aromatic carbocycles. The number of hydrogen-bond acceptors (Lipinski definition) is 1. The van der Waals surface area contributed by atoms with E-state index < -0.39 is 0 Å². The fourth-order valence-electron chi connectivity index (χ4n) is 1.63. The molecule has 0 saturated carbocycles. The summed E-state index contributed by atoms with van der Waals surface area (Å²) in [7, 11) is 0. The summed E-state index contributed by atoms with van der Waals surface area (Å²) in [6.07, 6.45) is 3.09. The lowest BCUT2D eigenvalue weighted by Gasteiger charge is -2.35. The Morgan fingerprint density at radius 2 is 1.93 bits per heavy atom. The second-order valence-electron chi connectivity index (χ2n) is 4.70. The summed E-state index contributed by atoms with van der Waals surface area (Å²) in [5, 5.41) is 0. The summed E-state index contributed by atoms with van der Waals surface area (Å²) in [5.74, 6) is 0.319. The molecule has 0 aromatic heterocycles. The highest BCUT2D eigenvalue weighted by Crippen LogP contribution is 2.26. The number of hydrogen-bond donors (Lipinski definition) is 0. The van der Waals surface area contributed by atoms with Crippen molar-refractivity contribution in [2.24, 2.45) is 5.41 Å². The lowest BCUT2D eigenvalue weighted by Crippen LogP contribution is -2.45. The second kappa shape index (κ2) is 4.65. The molecule has 1 aliphatic heterocycles. The molecule has 0 atom stereocenters. The first-order valence-corrected chi connectivity index (χ1v) is 6.32. The van der Waals surface area contributed by atoms with Crippen LogP contribution in [0, 0.1) is 5.41 Å². The molecule has 1 amide bonds. The van der Waals surface area contributed by atoms with Gasteiger partial charge in [0.15, 0.2) is 0 Å². The fourth-order valence-corrected chi connectivity index (χ4v) is 2.04. The molecule has 0 bridgehead atoms. The van der Waals surface area contributed by atoms with E-state index in [2.05, 4.69) is 22.9 Å². The van der Waals surface area contributed by atoms with Crippen molar-refractivity contribution in [2.75, 3.05) is 13.1 Å². The summed E-state index contributed by atoms with van der Waals surface area (Å²) >= 11 is 3.59. The Hall–Kier alpha value is -0.0500. The number of carbonyl (C=O) groups excluding carboxylic acids is 1. The molecule has 1 saturated heterocycles. The molecule has 0 spiro atoms. The van der Waals surface area contributed by atoms with Crippen LogP contribution in [0.5, 0.6) is 0 Å². The number of carbonyl (C=O) groups is 1. The van der Waals surface area contributed by atoms with E-state index in [-0.39, 0.29) is 5.41 Å². The SMILES string of the molecule is CCC(C)(C)C(=O)N1CCC(Br)CC1. The number of alkyl halides is 1. The number of likely N-dealkylation sites (tertiary alicyclic amines) is 1. The van der Waals surface area contributed by atoms with Crippen molar-refractivity contribution in [1.29, 1.82) is 0 Å². The van der Waals surface area contributed by atoms with Crippen LogP contribution in [0.4, 0.5) is 0 Å². The van der Waals surface area contributed by atoms with Crippen LogP contribution in [0.3, 0.4) is 0 Å². The van der Waals surface area contributed by atoms with Crippen molar-refractivity contribution in [2.45, 2.75) is 44.9 Å². The van der Waals surface area contributed by atoms with Gasteiger partial charge in [-0.15, -0.1) is 0 Å². The molecule has 0 radical (unpaired) electrons. The lowest BCUT2D eigenvalue weighted by molar-refractivity contribution is -0.141. The molecule has 1 rings (SSSR count). The average Bonchev–Trinajstić information content (AvgIpc) is 2.18. The van der Waals surface area contributed by atoms with Crippen LogP contribution in [0.15, 0.2) is 0 Å². The van der Waals surface area contributed by atoms with Gasteiger partial charge in [-0.3, -0.25) is 4.79 Å². The van der Waals surface area contributed by atoms with Gasteiger partial charge >= 0.3 is 0 Å². The number of halogens is 1. The van der Waals surface area contributed by atoms with Crippen LogP contribution in [0.2, 0.25) is 0 Å². The minimum atomic E-state index is -0.181. The van der Waals surface area contributed by atoms with Gasteiger partial charge in [0.05, 0.1) is 0 Å². The molecule has 1 aliphatic rings. The smallest absolute Gasteiger partial charge is 0.228 e. The molecular formula is C11H20BrNO. The Morgan fingerprint density at radius 3 is 2.36 bits per heavy atom. The van der Waals surface area contributed by atoms with Crippen LogP contribution in [0.25, 0.3) is 0 Å². The van der Waals surface area contributed by atoms with E-state index >= 15 is 0 Å². The van der Waals surface area contributed by atoms with Crippen molar-refractivity contribution < 1.29 is 4.79 Å². The van der Waals surface area contributed by atoms with Gasteiger partial charge < -0.3 is 4.90 Å². The predicted octanol–water partition coefficient (Wildman–Crippen LogP) is 2.81. The summed E-state index contributed by atoms with van der Waals surface area (Å²) in [4.78, 5) is 14.7. The van der Waals surface area contributed by atoms with Crippen molar-refractivity contribution >= 4 is 21.8 Å². The maximum atomic E-state index is 12.1. The first-order valence-electron chi connectivity index (χ1n) is 5.41. The topological polar surface area (TPSA) is 20.3 Å². The highest BCUT2D eigenvalue weighted by atomic mass is 79.9. The normalized spacial score (nSPS) is 19.9. The molecule has 0 aromatic rings. The minimum Gasteiger partial charge on any atom is -0.342 e. The Balaban J connectivity index is 2.54. The van der Waals surface area contributed by atoms with E-state index in [4.69, 9.17) is 0 Å². The predicted molar refractivity (Wildman–Crippen MR) is 62.6 cm³/mol. The van der Waals surface area contributed by atoms with E-state index in [0.29, 0.717) is 10.7 Å². The molecule has 0 N–H and O–H groups in total. The van der Waals surface area contributed by atoms with E-state index in [1.54, 1.807) is 0 Å². The van der Waals surface area contributed by atoms with Crippen LogP contribution >= 0.6 is 15.9 Å². The van der Waals surface area contributed by atoms with Gasteiger partial charge in [0.2, 0.25) is 5.91 Å². The third kappa shape index (κ3) is 2.72. The lowest BCUT2D eigenvalue weighted by atomic mass is 9.88. The van der Waals surface area contributed by atoms with Crippen molar-refractivity contribution in [3.05, 3.63) is 0 Å². The molecule has 3 heteroatoms. The monoisotopic (exact) mass is 261 g/mol. The molecular weight excluding hydrogens is 242 g/mol. The zero-order chi connectivity index (χ0) is 10.8. The first-order chi connectivity index (χ1) is 6.47. The van der Waals surface area contributed by atoms with Crippen LogP contribution in [-0.4, -0.2) is 28.7 Å². The molecule has 1 heterocycles. The Bertz CT molecular complexity index is 207. The first kappa shape index (κ1) is 12.0. The largest absolute Gasteiger partial charge is 0.342 e. The van der Waals surface area contributed by atoms with Crippen molar-refractivity contribution in [1.82, 2.24) is 4.90 Å². The van der Waals surface area contributed by atoms with Gasteiger partial charge in [-0.05, 0) is 19.3 Å². The molecule has 14 heavy (non-hydrogen) atoms. The summed E-state index contributed by atoms with van der Waals surface area (Å²) in [6.45, 7) is 7.98. The van der Waals surface area contributed by atoms with Gasteiger partial charge in [0.25, 0.3) is 0 Å². The Kier molecular flexibility index (Phi) is 3.99. The van der Waals surface area contributed by atoms with Gasteiger partial charge in [-0.2, -0.15) is 0 Å². The van der Waals surface area contributed by atoms with Gasteiger partial charge in [-0.25, -0.2) is 0 Å². The van der Waals surface area contributed by atoms with Gasteiger partial charge in [0, 0.05) is 23.3 Å². The Morgan fingerprint density at radius 1 is 1.43 bits per heavy atom. The zero-order valence-corrected chi connectivity index (χ0v) is 10.9. The molecule has 82 valence electrons. The summed E-state index contributed by atoms with van der Waals surface area (Å²) < 4.78 is 0.